The summed E-state index contributed by atoms with van der Waals surface area (Å²) in [6, 6.07) is 0. The minimum absolute atomic E-state index is 0.241. The van der Waals surface area contributed by atoms with Crippen molar-refractivity contribution in [1.82, 2.24) is 9.78 Å². The number of halogens is 4. The molecule has 0 amide bonds. The Morgan fingerprint density at radius 1 is 1.53 bits per heavy atom. The van der Waals surface area contributed by atoms with Crippen LogP contribution in [0.1, 0.15) is 0 Å². The van der Waals surface area contributed by atoms with Gasteiger partial charge in [0.25, 0.3) is 0 Å². The maximum Gasteiger partial charge on any atom is 0.408 e. The Balaban J connectivity index is 3.08. The third-order valence-electron chi connectivity index (χ3n) is 1.33. The molecule has 1 aromatic heterocycles. The van der Waals surface area contributed by atoms with E-state index in [9.17, 15) is 21.6 Å². The van der Waals surface area contributed by atoms with Crippen LogP contribution in [0.15, 0.2) is 15.7 Å². The molecule has 10 heteroatoms. The lowest BCUT2D eigenvalue weighted by atomic mass is 10.6. The van der Waals surface area contributed by atoms with Crippen LogP contribution in [0.5, 0.6) is 0 Å². The van der Waals surface area contributed by atoms with Crippen LogP contribution in [-0.4, -0.2) is 24.4 Å². The van der Waals surface area contributed by atoms with Crippen molar-refractivity contribution in [3.63, 3.8) is 0 Å². The van der Waals surface area contributed by atoms with Crippen molar-refractivity contribution in [2.75, 3.05) is 0 Å². The molecule has 0 atom stereocenters. The monoisotopic (exact) mass is 307 g/mol. The molecule has 0 radical (unpaired) electrons. The topological polar surface area (TPSA) is 78.0 Å². The molecule has 0 aliphatic carbocycles. The van der Waals surface area contributed by atoms with Gasteiger partial charge in [-0.05, 0) is 15.9 Å². The predicted octanol–water partition coefficient (Wildman–Crippen LogP) is 0.855. The summed E-state index contributed by atoms with van der Waals surface area (Å²) in [5.41, 5.74) is 0. The van der Waals surface area contributed by atoms with E-state index in [1.807, 2.05) is 0 Å². The highest BCUT2D eigenvalue weighted by Gasteiger charge is 2.29. The standard InChI is InChI=1S/C5H5BrF3N3O2S/c6-4-3(15(10,13)14)1-12(11-4)2-5(7,8)9/h1H,2H2,(H2,10,13,14). The van der Waals surface area contributed by atoms with Crippen molar-refractivity contribution in [2.24, 2.45) is 5.14 Å². The molecule has 0 aliphatic heterocycles. The predicted molar refractivity (Wildman–Crippen MR) is 47.4 cm³/mol. The van der Waals surface area contributed by atoms with Crippen LogP contribution in [0.2, 0.25) is 0 Å². The first kappa shape index (κ1) is 12.5. The van der Waals surface area contributed by atoms with E-state index in [2.05, 4.69) is 21.0 Å². The van der Waals surface area contributed by atoms with Crippen LogP contribution in [0.3, 0.4) is 0 Å². The maximum absolute atomic E-state index is 11.9. The molecule has 1 aromatic rings. The third kappa shape index (κ3) is 3.47. The molecule has 15 heavy (non-hydrogen) atoms. The molecule has 5 nitrogen and oxygen atoms in total. The van der Waals surface area contributed by atoms with Gasteiger partial charge < -0.3 is 0 Å². The fourth-order valence-electron chi connectivity index (χ4n) is 0.835. The summed E-state index contributed by atoms with van der Waals surface area (Å²) >= 11 is 2.70. The summed E-state index contributed by atoms with van der Waals surface area (Å²) in [7, 11) is -4.07. The van der Waals surface area contributed by atoms with Crippen molar-refractivity contribution < 1.29 is 21.6 Å². The van der Waals surface area contributed by atoms with Gasteiger partial charge in [-0.25, -0.2) is 13.6 Å². The van der Waals surface area contributed by atoms with Gasteiger partial charge >= 0.3 is 6.18 Å². The molecule has 0 aliphatic rings. The fourth-order valence-corrected chi connectivity index (χ4v) is 2.36. The van der Waals surface area contributed by atoms with Crippen molar-refractivity contribution in [2.45, 2.75) is 17.6 Å². The number of nitrogens with zero attached hydrogens (tertiary/aromatic N) is 2. The van der Waals surface area contributed by atoms with Crippen molar-refractivity contribution in [3.8, 4) is 0 Å². The molecule has 0 saturated heterocycles. The molecule has 0 unspecified atom stereocenters. The number of rotatable bonds is 2. The fraction of sp³-hybridized carbons (Fsp3) is 0.400. The number of sulfonamides is 1. The average molecular weight is 308 g/mol. The zero-order valence-corrected chi connectivity index (χ0v) is 9.40. The minimum atomic E-state index is -4.47. The van der Waals surface area contributed by atoms with Crippen molar-refractivity contribution in [3.05, 3.63) is 10.8 Å². The van der Waals surface area contributed by atoms with Gasteiger partial charge in [-0.1, -0.05) is 0 Å². The molecule has 0 fully saturated rings. The van der Waals surface area contributed by atoms with Crippen molar-refractivity contribution in [1.29, 1.82) is 0 Å². The lowest BCUT2D eigenvalue weighted by molar-refractivity contribution is -0.142. The van der Waals surface area contributed by atoms with Gasteiger partial charge in [0.2, 0.25) is 10.0 Å². The molecule has 1 rings (SSSR count). The van der Waals surface area contributed by atoms with Crippen LogP contribution >= 0.6 is 15.9 Å². The average Bonchev–Trinajstić information content (AvgIpc) is 2.25. The summed E-state index contributed by atoms with van der Waals surface area (Å²) < 4.78 is 57.7. The summed E-state index contributed by atoms with van der Waals surface area (Å²) in [5, 5.41) is 8.06. The van der Waals surface area contributed by atoms with E-state index >= 15 is 0 Å². The summed E-state index contributed by atoms with van der Waals surface area (Å²) in [5.74, 6) is 0. The lowest BCUT2D eigenvalue weighted by Gasteiger charge is -2.04. The molecule has 0 spiro atoms. The Hall–Kier alpha value is -0.610. The third-order valence-corrected chi connectivity index (χ3v) is 3.09. The highest BCUT2D eigenvalue weighted by molar-refractivity contribution is 9.10. The van der Waals surface area contributed by atoms with Gasteiger partial charge in [0, 0.05) is 6.20 Å². The Bertz CT molecular complexity index is 466. The van der Waals surface area contributed by atoms with Gasteiger partial charge in [0.05, 0.1) is 0 Å². The molecular formula is C5H5BrF3N3O2S. The van der Waals surface area contributed by atoms with Gasteiger partial charge in [-0.2, -0.15) is 18.3 Å². The van der Waals surface area contributed by atoms with E-state index in [0.29, 0.717) is 10.9 Å². The zero-order chi connectivity index (χ0) is 11.9. The van der Waals surface area contributed by atoms with E-state index in [4.69, 9.17) is 5.14 Å². The first-order valence-corrected chi connectivity index (χ1v) is 5.76. The largest absolute Gasteiger partial charge is 0.408 e. The summed E-state index contributed by atoms with van der Waals surface area (Å²) in [4.78, 5) is -0.480. The van der Waals surface area contributed by atoms with Crippen LogP contribution in [-0.2, 0) is 16.6 Å². The van der Waals surface area contributed by atoms with Crippen LogP contribution in [0.25, 0.3) is 0 Å². The number of primary sulfonamides is 1. The van der Waals surface area contributed by atoms with E-state index in [0.717, 1.165) is 0 Å². The first-order chi connectivity index (χ1) is 6.59. The number of hydrogen-bond donors (Lipinski definition) is 1. The first-order valence-electron chi connectivity index (χ1n) is 3.42. The highest BCUT2D eigenvalue weighted by Crippen LogP contribution is 2.22. The lowest BCUT2D eigenvalue weighted by Crippen LogP contribution is -2.18. The van der Waals surface area contributed by atoms with E-state index in [1.165, 1.54) is 0 Å². The van der Waals surface area contributed by atoms with E-state index in [-0.39, 0.29) is 4.60 Å². The number of nitrogens with two attached hydrogens (primary N) is 1. The number of alkyl halides is 3. The SMILES string of the molecule is NS(=O)(=O)c1cn(CC(F)(F)F)nc1Br. The second-order valence-electron chi connectivity index (χ2n) is 2.64. The van der Waals surface area contributed by atoms with Gasteiger partial charge in [-0.15, -0.1) is 0 Å². The normalized spacial score (nSPS) is 13.1. The van der Waals surface area contributed by atoms with Gasteiger partial charge in [0.15, 0.2) is 0 Å². The van der Waals surface area contributed by atoms with Crippen LogP contribution in [0.4, 0.5) is 13.2 Å². The molecular weight excluding hydrogens is 303 g/mol. The Morgan fingerprint density at radius 2 is 2.07 bits per heavy atom. The Morgan fingerprint density at radius 3 is 2.40 bits per heavy atom. The molecule has 0 bridgehead atoms. The minimum Gasteiger partial charge on any atom is -0.261 e. The summed E-state index contributed by atoms with van der Waals surface area (Å²) in [6.45, 7) is -1.37. The maximum atomic E-state index is 11.9. The van der Waals surface area contributed by atoms with Crippen molar-refractivity contribution >= 4 is 26.0 Å². The molecule has 86 valence electrons. The van der Waals surface area contributed by atoms with Gasteiger partial charge in [0.1, 0.15) is 16.0 Å². The smallest absolute Gasteiger partial charge is 0.261 e. The van der Waals surface area contributed by atoms with Crippen LogP contribution < -0.4 is 5.14 Å². The Labute approximate surface area is 91.2 Å². The summed E-state index contributed by atoms with van der Waals surface area (Å²) in [6.07, 6.45) is -3.76. The van der Waals surface area contributed by atoms with Crippen LogP contribution in [0, 0.1) is 0 Å². The molecule has 0 saturated carbocycles. The quantitative estimate of drug-likeness (QED) is 0.880. The molecule has 0 aromatic carbocycles. The molecule has 1 heterocycles. The number of aromatic nitrogens is 2. The van der Waals surface area contributed by atoms with E-state index < -0.39 is 27.6 Å². The Kier molecular flexibility index (Phi) is 3.12. The molecule has 2 N–H and O–H groups in total. The highest BCUT2D eigenvalue weighted by atomic mass is 79.9. The second-order valence-corrected chi connectivity index (χ2v) is 4.92. The van der Waals surface area contributed by atoms with E-state index in [1.54, 1.807) is 0 Å². The number of hydrogen-bond acceptors (Lipinski definition) is 3. The second kappa shape index (κ2) is 3.76. The van der Waals surface area contributed by atoms with Gasteiger partial charge in [-0.3, -0.25) is 4.68 Å². The zero-order valence-electron chi connectivity index (χ0n) is 6.99.